The first-order chi connectivity index (χ1) is 21.9. The van der Waals surface area contributed by atoms with Gasteiger partial charge in [-0.05, 0) is 25.8 Å². The number of aryl methyl sites for hydroxylation is 1. The van der Waals surface area contributed by atoms with Crippen LogP contribution in [0.3, 0.4) is 0 Å². The molecule has 0 aliphatic rings. The molecule has 3 rings (SSSR count). The predicted molar refractivity (Wildman–Crippen MR) is 178 cm³/mol. The summed E-state index contributed by atoms with van der Waals surface area (Å²) in [4.78, 5) is 25.1. The van der Waals surface area contributed by atoms with E-state index in [9.17, 15) is 9.59 Å². The molecule has 0 heterocycles. The zero-order valence-electron chi connectivity index (χ0n) is 27.9. The average molecular weight is 625 g/mol. The van der Waals surface area contributed by atoms with E-state index in [1.165, 1.54) is 0 Å². The van der Waals surface area contributed by atoms with Gasteiger partial charge in [0.15, 0.2) is 12.2 Å². The zero-order chi connectivity index (χ0) is 32.4. The molecule has 0 fully saturated rings. The number of esters is 2. The van der Waals surface area contributed by atoms with Crippen LogP contribution in [0.1, 0.15) is 83.6 Å². The maximum absolute atomic E-state index is 12.5. The van der Waals surface area contributed by atoms with Crippen LogP contribution in [0.5, 0.6) is 11.5 Å². The Bertz CT molecular complexity index is 1340. The van der Waals surface area contributed by atoms with E-state index in [0.717, 1.165) is 78.5 Å². The lowest BCUT2D eigenvalue weighted by molar-refractivity contribution is -0.154. The van der Waals surface area contributed by atoms with Crippen LogP contribution >= 0.6 is 0 Å². The van der Waals surface area contributed by atoms with Crippen molar-refractivity contribution in [3.8, 4) is 11.5 Å². The van der Waals surface area contributed by atoms with Gasteiger partial charge in [0.2, 0.25) is 0 Å². The Morgan fingerprint density at radius 2 is 1.07 bits per heavy atom. The second kappa shape index (κ2) is 19.9. The van der Waals surface area contributed by atoms with E-state index < -0.39 is 12.2 Å². The summed E-state index contributed by atoms with van der Waals surface area (Å²) in [7, 11) is 3.17. The maximum Gasteiger partial charge on any atom is 0.306 e. The molecule has 0 aliphatic carbocycles. The van der Waals surface area contributed by atoms with E-state index in [0.29, 0.717) is 24.3 Å². The summed E-state index contributed by atoms with van der Waals surface area (Å²) in [6, 6.07) is 14.0. The van der Waals surface area contributed by atoms with Crippen molar-refractivity contribution >= 4 is 33.5 Å². The van der Waals surface area contributed by atoms with Crippen molar-refractivity contribution in [1.82, 2.24) is 0 Å². The van der Waals surface area contributed by atoms with E-state index in [4.69, 9.17) is 28.4 Å². The fourth-order valence-corrected chi connectivity index (χ4v) is 5.36. The van der Waals surface area contributed by atoms with E-state index in [2.05, 4.69) is 19.9 Å². The Hall–Kier alpha value is -3.36. The van der Waals surface area contributed by atoms with E-state index in [1.807, 2.05) is 43.3 Å². The van der Waals surface area contributed by atoms with Crippen LogP contribution in [0.2, 0.25) is 0 Å². The van der Waals surface area contributed by atoms with Crippen molar-refractivity contribution in [3.05, 3.63) is 48.0 Å². The first kappa shape index (κ1) is 36.1. The summed E-state index contributed by atoms with van der Waals surface area (Å²) in [5, 5.41) is 3.47. The quantitative estimate of drug-likeness (QED) is 0.0629. The molecule has 0 radical (unpaired) electrons. The highest BCUT2D eigenvalue weighted by Crippen LogP contribution is 2.43. The Balaban J connectivity index is 1.84. The first-order valence-electron chi connectivity index (χ1n) is 16.5. The fourth-order valence-electron chi connectivity index (χ4n) is 5.36. The average Bonchev–Trinajstić information content (AvgIpc) is 3.03. The van der Waals surface area contributed by atoms with Gasteiger partial charge in [-0.25, -0.2) is 0 Å². The van der Waals surface area contributed by atoms with Crippen molar-refractivity contribution in [2.45, 2.75) is 97.2 Å². The summed E-state index contributed by atoms with van der Waals surface area (Å²) in [5.74, 6) is 0.889. The summed E-state index contributed by atoms with van der Waals surface area (Å²) < 4.78 is 35.1. The van der Waals surface area contributed by atoms with Gasteiger partial charge < -0.3 is 28.4 Å². The largest absolute Gasteiger partial charge is 0.488 e. The molecule has 0 N–H and O–H groups in total. The van der Waals surface area contributed by atoms with Gasteiger partial charge in [0, 0.05) is 48.6 Å². The van der Waals surface area contributed by atoms with Crippen LogP contribution in [0.25, 0.3) is 21.5 Å². The van der Waals surface area contributed by atoms with Crippen molar-refractivity contribution in [2.75, 3.05) is 40.6 Å². The van der Waals surface area contributed by atoms with Gasteiger partial charge in [-0.1, -0.05) is 94.3 Å². The van der Waals surface area contributed by atoms with Crippen LogP contribution in [0.4, 0.5) is 0 Å². The third-order valence-electron chi connectivity index (χ3n) is 7.68. The third-order valence-corrected chi connectivity index (χ3v) is 7.68. The predicted octanol–water partition coefficient (Wildman–Crippen LogP) is 8.12. The number of fused-ring (bicyclic) bond motifs is 2. The molecule has 2 unspecified atom stereocenters. The van der Waals surface area contributed by atoms with E-state index >= 15 is 0 Å². The lowest BCUT2D eigenvalue weighted by Gasteiger charge is -2.23. The number of benzene rings is 3. The third kappa shape index (κ3) is 11.5. The molecule has 0 spiro atoms. The van der Waals surface area contributed by atoms with Crippen molar-refractivity contribution in [2.24, 2.45) is 0 Å². The molecule has 0 aromatic heterocycles. The van der Waals surface area contributed by atoms with Gasteiger partial charge in [-0.2, -0.15) is 0 Å². The summed E-state index contributed by atoms with van der Waals surface area (Å²) in [6.45, 7) is 7.07. The van der Waals surface area contributed by atoms with Crippen LogP contribution in [0.15, 0.2) is 42.5 Å². The molecule has 3 aromatic rings. The number of unbranched alkanes of at least 4 members (excludes halogenated alkanes) is 6. The van der Waals surface area contributed by atoms with Gasteiger partial charge in [0.1, 0.15) is 24.7 Å². The van der Waals surface area contributed by atoms with E-state index in [1.54, 1.807) is 14.2 Å². The Morgan fingerprint density at radius 3 is 1.53 bits per heavy atom. The van der Waals surface area contributed by atoms with Crippen molar-refractivity contribution in [1.29, 1.82) is 0 Å². The topological polar surface area (TPSA) is 89.5 Å². The van der Waals surface area contributed by atoms with Crippen LogP contribution < -0.4 is 9.47 Å². The minimum Gasteiger partial charge on any atom is -0.488 e. The number of rotatable bonds is 22. The van der Waals surface area contributed by atoms with E-state index in [-0.39, 0.29) is 38.4 Å². The number of hydrogen-bond donors (Lipinski definition) is 0. The number of carbonyl (C=O) groups is 2. The fraction of sp³-hybridized carbons (Fsp3) is 0.568. The van der Waals surface area contributed by atoms with Crippen molar-refractivity contribution < 1.29 is 38.0 Å². The first-order valence-corrected chi connectivity index (χ1v) is 16.5. The summed E-state index contributed by atoms with van der Waals surface area (Å²) in [6.07, 6.45) is 7.76. The molecule has 8 nitrogen and oxygen atoms in total. The molecule has 2 atom stereocenters. The molecule has 3 aromatic carbocycles. The molecule has 8 heteroatoms. The molecule has 0 bridgehead atoms. The lowest BCUT2D eigenvalue weighted by atomic mass is 9.99. The smallest absolute Gasteiger partial charge is 0.306 e. The molecular formula is C37H52O8. The molecule has 248 valence electrons. The van der Waals surface area contributed by atoms with Gasteiger partial charge >= 0.3 is 11.9 Å². The molecule has 0 amide bonds. The molecular weight excluding hydrogens is 572 g/mol. The van der Waals surface area contributed by atoms with Gasteiger partial charge in [0.25, 0.3) is 0 Å². The van der Waals surface area contributed by atoms with Gasteiger partial charge in [-0.3, -0.25) is 9.59 Å². The van der Waals surface area contributed by atoms with Crippen LogP contribution in [-0.2, 0) is 28.5 Å². The number of methoxy groups -OCH3 is 2. The second-order valence-electron chi connectivity index (χ2n) is 11.6. The van der Waals surface area contributed by atoms with Crippen LogP contribution in [0, 0.1) is 6.92 Å². The molecule has 0 saturated carbocycles. The normalized spacial score (nSPS) is 12.6. The second-order valence-corrected chi connectivity index (χ2v) is 11.6. The zero-order valence-corrected chi connectivity index (χ0v) is 27.9. The SMILES string of the molecule is CCCCCCC(=O)OC(COC)COc1c2ccccc2c(OCC(COC)OC(=O)CCCCCC)c2cc(C)ccc12. The standard InChI is InChI=1S/C37H52O8/c1-6-8-10-12-18-34(38)44-28(23-40-4)25-42-36-30-16-14-15-17-31(30)37(33-22-27(3)20-21-32(33)36)43-26-29(24-41-5)45-35(39)19-13-11-9-7-2/h14-17,20-22,28-29H,6-13,18-19,23-26H2,1-5H3. The number of carbonyl (C=O) groups excluding carboxylic acids is 2. The molecule has 45 heavy (non-hydrogen) atoms. The summed E-state index contributed by atoms with van der Waals surface area (Å²) in [5.41, 5.74) is 1.06. The van der Waals surface area contributed by atoms with Gasteiger partial charge in [0.05, 0.1) is 13.2 Å². The van der Waals surface area contributed by atoms with Crippen LogP contribution in [-0.4, -0.2) is 64.8 Å². The Morgan fingerprint density at radius 1 is 0.600 bits per heavy atom. The van der Waals surface area contributed by atoms with Crippen molar-refractivity contribution in [3.63, 3.8) is 0 Å². The van der Waals surface area contributed by atoms with Gasteiger partial charge in [-0.15, -0.1) is 0 Å². The highest BCUT2D eigenvalue weighted by Gasteiger charge is 2.22. The minimum atomic E-state index is -0.547. The minimum absolute atomic E-state index is 0.145. The highest BCUT2D eigenvalue weighted by atomic mass is 16.6. The highest BCUT2D eigenvalue weighted by molar-refractivity contribution is 6.11. The Kier molecular flexibility index (Phi) is 16.0. The summed E-state index contributed by atoms with van der Waals surface area (Å²) >= 11 is 0. The number of hydrogen-bond acceptors (Lipinski definition) is 8. The maximum atomic E-state index is 12.5. The number of ether oxygens (including phenoxy) is 6. The lowest BCUT2D eigenvalue weighted by Crippen LogP contribution is -2.30. The Labute approximate surface area is 268 Å². The molecule has 0 saturated heterocycles. The molecule has 0 aliphatic heterocycles. The monoisotopic (exact) mass is 624 g/mol.